The van der Waals surface area contributed by atoms with Gasteiger partial charge in [0.25, 0.3) is 0 Å². The van der Waals surface area contributed by atoms with E-state index in [2.05, 4.69) is 202 Å². The van der Waals surface area contributed by atoms with Crippen molar-refractivity contribution < 1.29 is 4.42 Å². The Balaban J connectivity index is 1.34. The number of nitrogens with zero attached hydrogens (tertiary/aromatic N) is 3. The minimum Gasteiger partial charge on any atom is -0.456 e. The SMILES string of the molecule is c1ccc(N(c2ccccc2)c2cc(N(c3ccccc3)c3ccccc3)c3c4ccccc4n(-c4ccc5c(c4)oc4ccccc45)c3c2)cc1. The average Bonchev–Trinajstić information content (AvgIpc) is 3.75. The third-order valence-corrected chi connectivity index (χ3v) is 9.91. The second-order valence-electron chi connectivity index (χ2n) is 13.0. The number of hydrogen-bond donors (Lipinski definition) is 0. The highest BCUT2D eigenvalue weighted by Gasteiger charge is 2.25. The van der Waals surface area contributed by atoms with E-state index in [1.54, 1.807) is 0 Å². The molecule has 4 heteroatoms. The largest absolute Gasteiger partial charge is 0.456 e. The summed E-state index contributed by atoms with van der Waals surface area (Å²) in [6.45, 7) is 0. The summed E-state index contributed by atoms with van der Waals surface area (Å²) in [6.07, 6.45) is 0. The van der Waals surface area contributed by atoms with Gasteiger partial charge in [-0.05, 0) is 84.9 Å². The van der Waals surface area contributed by atoms with Crippen molar-refractivity contribution in [1.82, 2.24) is 4.57 Å². The fourth-order valence-electron chi connectivity index (χ4n) is 7.68. The summed E-state index contributed by atoms with van der Waals surface area (Å²) < 4.78 is 8.84. The Labute approximate surface area is 301 Å². The first kappa shape index (κ1) is 29.8. The lowest BCUT2D eigenvalue weighted by atomic mass is 10.1. The molecule has 10 rings (SSSR count). The van der Waals surface area contributed by atoms with Crippen LogP contribution in [0.5, 0.6) is 0 Å². The monoisotopic (exact) mass is 667 g/mol. The van der Waals surface area contributed by atoms with E-state index in [1.807, 2.05) is 12.1 Å². The molecular formula is C48H33N3O. The molecular weight excluding hydrogens is 635 g/mol. The van der Waals surface area contributed by atoms with Crippen LogP contribution in [0.3, 0.4) is 0 Å². The van der Waals surface area contributed by atoms with Crippen LogP contribution in [0.2, 0.25) is 0 Å². The second kappa shape index (κ2) is 12.4. The topological polar surface area (TPSA) is 24.6 Å². The zero-order chi connectivity index (χ0) is 34.4. The van der Waals surface area contributed by atoms with Crippen molar-refractivity contribution >= 4 is 77.9 Å². The number of hydrogen-bond acceptors (Lipinski definition) is 3. The maximum Gasteiger partial charge on any atom is 0.137 e. The van der Waals surface area contributed by atoms with Crippen LogP contribution in [0.25, 0.3) is 49.4 Å². The van der Waals surface area contributed by atoms with E-state index < -0.39 is 0 Å². The molecule has 2 heterocycles. The van der Waals surface area contributed by atoms with Crippen LogP contribution in [-0.4, -0.2) is 4.57 Å². The molecule has 0 saturated heterocycles. The summed E-state index contributed by atoms with van der Waals surface area (Å²) in [5.74, 6) is 0. The molecule has 0 aliphatic carbocycles. The summed E-state index contributed by atoms with van der Waals surface area (Å²) in [4.78, 5) is 4.74. The molecule has 0 spiro atoms. The van der Waals surface area contributed by atoms with E-state index >= 15 is 0 Å². The van der Waals surface area contributed by atoms with Crippen LogP contribution in [-0.2, 0) is 0 Å². The third kappa shape index (κ3) is 4.92. The standard InChI is InChI=1S/C48H33N3O/c1-5-17-34(18-6-1)49(35-19-7-2-8-20-35)39-31-44(50(36-21-9-3-10-22-36)37-23-11-4-12-24-37)48-42-26-13-15-27-43(42)51(45(48)32-39)38-29-30-41-40-25-14-16-28-46(40)52-47(41)33-38/h1-33H. The van der Waals surface area contributed by atoms with Crippen LogP contribution in [0.4, 0.5) is 34.1 Å². The number of fused-ring (bicyclic) bond motifs is 6. The maximum absolute atomic E-state index is 6.44. The molecule has 0 atom stereocenters. The molecule has 52 heavy (non-hydrogen) atoms. The van der Waals surface area contributed by atoms with Gasteiger partial charge >= 0.3 is 0 Å². The molecule has 8 aromatic carbocycles. The summed E-state index contributed by atoms with van der Waals surface area (Å²) in [6, 6.07) is 70.9. The van der Waals surface area contributed by atoms with Gasteiger partial charge in [0.05, 0.1) is 22.4 Å². The minimum atomic E-state index is 0.867. The Kier molecular flexibility index (Phi) is 7.10. The molecule has 0 unspecified atom stereocenters. The van der Waals surface area contributed by atoms with E-state index in [4.69, 9.17) is 4.42 Å². The van der Waals surface area contributed by atoms with Crippen LogP contribution in [0.1, 0.15) is 0 Å². The zero-order valence-corrected chi connectivity index (χ0v) is 28.3. The molecule has 246 valence electrons. The molecule has 0 bridgehead atoms. The van der Waals surface area contributed by atoms with Gasteiger partial charge in [0.1, 0.15) is 11.2 Å². The van der Waals surface area contributed by atoms with E-state index in [0.29, 0.717) is 0 Å². The van der Waals surface area contributed by atoms with E-state index in [9.17, 15) is 0 Å². The predicted octanol–water partition coefficient (Wildman–Crippen LogP) is 13.6. The summed E-state index contributed by atoms with van der Waals surface area (Å²) in [5.41, 5.74) is 11.5. The van der Waals surface area contributed by atoms with Gasteiger partial charge in [-0.2, -0.15) is 0 Å². The number of rotatable bonds is 7. The van der Waals surface area contributed by atoms with Gasteiger partial charge in [0, 0.05) is 56.0 Å². The van der Waals surface area contributed by atoms with Crippen molar-refractivity contribution in [1.29, 1.82) is 0 Å². The van der Waals surface area contributed by atoms with Gasteiger partial charge < -0.3 is 18.8 Å². The molecule has 10 aromatic rings. The molecule has 0 aliphatic rings. The lowest BCUT2D eigenvalue weighted by Gasteiger charge is -2.30. The Morgan fingerprint density at radius 1 is 0.346 bits per heavy atom. The summed E-state index contributed by atoms with van der Waals surface area (Å²) in [7, 11) is 0. The zero-order valence-electron chi connectivity index (χ0n) is 28.3. The first-order valence-corrected chi connectivity index (χ1v) is 17.6. The van der Waals surface area contributed by atoms with Gasteiger partial charge in [-0.3, -0.25) is 0 Å². The first-order valence-electron chi connectivity index (χ1n) is 17.6. The fraction of sp³-hybridized carbons (Fsp3) is 0. The lowest BCUT2D eigenvalue weighted by molar-refractivity contribution is 0.668. The van der Waals surface area contributed by atoms with Crippen molar-refractivity contribution in [3.05, 3.63) is 200 Å². The fourth-order valence-corrected chi connectivity index (χ4v) is 7.68. The van der Waals surface area contributed by atoms with Gasteiger partial charge in [-0.25, -0.2) is 0 Å². The molecule has 0 aliphatic heterocycles. The third-order valence-electron chi connectivity index (χ3n) is 9.91. The van der Waals surface area contributed by atoms with Gasteiger partial charge in [-0.15, -0.1) is 0 Å². The highest BCUT2D eigenvalue weighted by Crippen LogP contribution is 2.48. The quantitative estimate of drug-likeness (QED) is 0.169. The Morgan fingerprint density at radius 3 is 1.46 bits per heavy atom. The van der Waals surface area contributed by atoms with Crippen LogP contribution < -0.4 is 9.80 Å². The minimum absolute atomic E-state index is 0.867. The molecule has 4 nitrogen and oxygen atoms in total. The number of benzene rings is 8. The van der Waals surface area contributed by atoms with Crippen molar-refractivity contribution in [2.45, 2.75) is 0 Å². The second-order valence-corrected chi connectivity index (χ2v) is 13.0. The summed E-state index contributed by atoms with van der Waals surface area (Å²) >= 11 is 0. The number of anilines is 6. The van der Waals surface area contributed by atoms with Gasteiger partial charge in [0.2, 0.25) is 0 Å². The first-order chi connectivity index (χ1) is 25.8. The lowest BCUT2D eigenvalue weighted by Crippen LogP contribution is -2.14. The number of furan rings is 1. The molecule has 2 aromatic heterocycles. The highest BCUT2D eigenvalue weighted by atomic mass is 16.3. The van der Waals surface area contributed by atoms with Gasteiger partial charge in [0.15, 0.2) is 0 Å². The molecule has 0 N–H and O–H groups in total. The number of aromatic nitrogens is 1. The van der Waals surface area contributed by atoms with Crippen molar-refractivity contribution in [3.63, 3.8) is 0 Å². The van der Waals surface area contributed by atoms with Crippen LogP contribution in [0, 0.1) is 0 Å². The predicted molar refractivity (Wildman–Crippen MR) is 217 cm³/mol. The van der Waals surface area contributed by atoms with Crippen molar-refractivity contribution in [2.75, 3.05) is 9.80 Å². The van der Waals surface area contributed by atoms with Crippen molar-refractivity contribution in [3.8, 4) is 5.69 Å². The Hall–Kier alpha value is -7.04. The molecule has 0 amide bonds. The Bertz CT molecular complexity index is 2760. The van der Waals surface area contributed by atoms with E-state index in [-0.39, 0.29) is 0 Å². The van der Waals surface area contributed by atoms with Crippen LogP contribution in [0.15, 0.2) is 205 Å². The summed E-state index contributed by atoms with van der Waals surface area (Å²) in [5, 5.41) is 4.57. The highest BCUT2D eigenvalue weighted by molar-refractivity contribution is 6.18. The number of para-hydroxylation sites is 6. The van der Waals surface area contributed by atoms with E-state index in [1.165, 1.54) is 5.39 Å². The molecule has 0 saturated carbocycles. The smallest absolute Gasteiger partial charge is 0.137 e. The van der Waals surface area contributed by atoms with Crippen molar-refractivity contribution in [2.24, 2.45) is 0 Å². The van der Waals surface area contributed by atoms with Crippen LogP contribution >= 0.6 is 0 Å². The Morgan fingerprint density at radius 2 is 0.846 bits per heavy atom. The maximum atomic E-state index is 6.44. The normalized spacial score (nSPS) is 11.5. The average molecular weight is 668 g/mol. The molecule has 0 fully saturated rings. The molecule has 0 radical (unpaired) electrons. The van der Waals surface area contributed by atoms with E-state index in [0.717, 1.165) is 78.2 Å². The van der Waals surface area contributed by atoms with Gasteiger partial charge in [-0.1, -0.05) is 109 Å².